The molecule has 7 heteroatoms. The van der Waals surface area contributed by atoms with Gasteiger partial charge in [0.2, 0.25) is 10.0 Å². The summed E-state index contributed by atoms with van der Waals surface area (Å²) in [6, 6.07) is 3.33. The molecule has 1 aliphatic rings. The van der Waals surface area contributed by atoms with Crippen molar-refractivity contribution in [3.63, 3.8) is 0 Å². The van der Waals surface area contributed by atoms with E-state index in [0.717, 1.165) is 13.0 Å². The fraction of sp³-hybridized carbons (Fsp3) is 0.643. The molecule has 0 bridgehead atoms. The quantitative estimate of drug-likeness (QED) is 0.776. The Morgan fingerprint density at radius 3 is 2.67 bits per heavy atom. The molecule has 1 aromatic rings. The van der Waals surface area contributed by atoms with Gasteiger partial charge < -0.3 is 10.1 Å². The van der Waals surface area contributed by atoms with E-state index in [2.05, 4.69) is 17.2 Å². The van der Waals surface area contributed by atoms with Gasteiger partial charge in [-0.1, -0.05) is 19.8 Å². The van der Waals surface area contributed by atoms with Crippen LogP contribution in [0, 0.1) is 0 Å². The lowest BCUT2D eigenvalue weighted by Crippen LogP contribution is -2.40. The van der Waals surface area contributed by atoms with Gasteiger partial charge in [-0.3, -0.25) is 0 Å². The van der Waals surface area contributed by atoms with Crippen LogP contribution in [0.2, 0.25) is 0 Å². The van der Waals surface area contributed by atoms with Crippen LogP contribution in [0.1, 0.15) is 26.2 Å². The molecule has 2 heterocycles. The van der Waals surface area contributed by atoms with Crippen molar-refractivity contribution in [1.29, 1.82) is 0 Å². The van der Waals surface area contributed by atoms with Gasteiger partial charge in [0.1, 0.15) is 10.7 Å². The third-order valence-corrected chi connectivity index (χ3v) is 5.31. The van der Waals surface area contributed by atoms with Crippen LogP contribution in [0.5, 0.6) is 0 Å². The van der Waals surface area contributed by atoms with Crippen LogP contribution in [-0.2, 0) is 14.8 Å². The predicted molar refractivity (Wildman–Crippen MR) is 81.8 cm³/mol. The molecule has 1 fully saturated rings. The third kappa shape index (κ3) is 4.39. The van der Waals surface area contributed by atoms with E-state index in [1.165, 1.54) is 23.3 Å². The van der Waals surface area contributed by atoms with Gasteiger partial charge in [-0.05, 0) is 18.6 Å². The van der Waals surface area contributed by atoms with Crippen LogP contribution in [0.15, 0.2) is 23.2 Å². The summed E-state index contributed by atoms with van der Waals surface area (Å²) < 4.78 is 31.4. The summed E-state index contributed by atoms with van der Waals surface area (Å²) in [6.07, 6.45) is 4.86. The number of nitrogens with one attached hydrogen (secondary N) is 1. The maximum Gasteiger partial charge on any atom is 0.244 e. The first-order valence-electron chi connectivity index (χ1n) is 7.42. The SMILES string of the molecule is CCCCCNc1ccc(S(=O)(=O)N2CCOCC2)cn1. The zero-order valence-electron chi connectivity index (χ0n) is 12.4. The van der Waals surface area contributed by atoms with Gasteiger partial charge in [-0.15, -0.1) is 0 Å². The number of sulfonamides is 1. The average molecular weight is 313 g/mol. The summed E-state index contributed by atoms with van der Waals surface area (Å²) in [5.41, 5.74) is 0. The number of hydrogen-bond donors (Lipinski definition) is 1. The second kappa shape index (κ2) is 7.72. The number of nitrogens with zero attached hydrogens (tertiary/aromatic N) is 2. The highest BCUT2D eigenvalue weighted by atomic mass is 32.2. The van der Waals surface area contributed by atoms with Crippen molar-refractivity contribution in [2.75, 3.05) is 38.2 Å². The first-order valence-corrected chi connectivity index (χ1v) is 8.86. The molecular weight excluding hydrogens is 290 g/mol. The highest BCUT2D eigenvalue weighted by Gasteiger charge is 2.26. The Kier molecular flexibility index (Phi) is 5.96. The van der Waals surface area contributed by atoms with E-state index in [4.69, 9.17) is 4.74 Å². The molecule has 0 aliphatic carbocycles. The number of rotatable bonds is 7. The Morgan fingerprint density at radius 1 is 1.29 bits per heavy atom. The lowest BCUT2D eigenvalue weighted by atomic mass is 10.2. The van der Waals surface area contributed by atoms with Crippen molar-refractivity contribution >= 4 is 15.8 Å². The normalized spacial score (nSPS) is 16.8. The zero-order valence-corrected chi connectivity index (χ0v) is 13.2. The molecule has 6 nitrogen and oxygen atoms in total. The first kappa shape index (κ1) is 16.2. The Balaban J connectivity index is 1.97. The molecule has 0 aromatic carbocycles. The van der Waals surface area contributed by atoms with Gasteiger partial charge in [0.15, 0.2) is 0 Å². The maximum absolute atomic E-state index is 12.4. The van der Waals surface area contributed by atoms with Gasteiger partial charge in [-0.2, -0.15) is 4.31 Å². The topological polar surface area (TPSA) is 71.5 Å². The maximum atomic E-state index is 12.4. The van der Waals surface area contributed by atoms with Crippen molar-refractivity contribution in [2.24, 2.45) is 0 Å². The minimum absolute atomic E-state index is 0.239. The molecule has 1 N–H and O–H groups in total. The van der Waals surface area contributed by atoms with Crippen LogP contribution in [-0.4, -0.2) is 50.6 Å². The van der Waals surface area contributed by atoms with Gasteiger partial charge in [0, 0.05) is 25.8 Å². The molecule has 0 amide bonds. The third-order valence-electron chi connectivity index (χ3n) is 3.43. The highest BCUT2D eigenvalue weighted by Crippen LogP contribution is 2.17. The molecule has 1 saturated heterocycles. The number of hydrogen-bond acceptors (Lipinski definition) is 5. The molecule has 2 rings (SSSR count). The van der Waals surface area contributed by atoms with E-state index >= 15 is 0 Å². The second-order valence-corrected chi connectivity index (χ2v) is 6.97. The summed E-state index contributed by atoms with van der Waals surface area (Å²) >= 11 is 0. The number of anilines is 1. The molecule has 21 heavy (non-hydrogen) atoms. The summed E-state index contributed by atoms with van der Waals surface area (Å²) in [4.78, 5) is 4.43. The van der Waals surface area contributed by atoms with Crippen LogP contribution in [0.4, 0.5) is 5.82 Å². The van der Waals surface area contributed by atoms with Gasteiger partial charge in [0.25, 0.3) is 0 Å². The predicted octanol–water partition coefficient (Wildman–Crippen LogP) is 1.70. The molecule has 0 radical (unpaired) electrons. The summed E-state index contributed by atoms with van der Waals surface area (Å²) in [5.74, 6) is 0.715. The van der Waals surface area contributed by atoms with Crippen LogP contribution in [0.3, 0.4) is 0 Å². The first-order chi connectivity index (χ1) is 10.1. The Labute approximate surface area is 126 Å². The van der Waals surface area contributed by atoms with Crippen LogP contribution >= 0.6 is 0 Å². The van der Waals surface area contributed by atoms with Crippen molar-refractivity contribution in [3.8, 4) is 0 Å². The largest absolute Gasteiger partial charge is 0.379 e. The monoisotopic (exact) mass is 313 g/mol. The highest BCUT2D eigenvalue weighted by molar-refractivity contribution is 7.89. The van der Waals surface area contributed by atoms with E-state index in [-0.39, 0.29) is 4.90 Å². The number of aromatic nitrogens is 1. The van der Waals surface area contributed by atoms with E-state index in [1.807, 2.05) is 0 Å². The number of pyridine rings is 1. The number of unbranched alkanes of at least 4 members (excludes halogenated alkanes) is 2. The van der Waals surface area contributed by atoms with Gasteiger partial charge in [-0.25, -0.2) is 13.4 Å². The Hall–Kier alpha value is -1.18. The summed E-state index contributed by atoms with van der Waals surface area (Å²) in [5, 5.41) is 3.20. The molecule has 1 aliphatic heterocycles. The number of ether oxygens (including phenoxy) is 1. The molecule has 0 atom stereocenters. The fourth-order valence-corrected chi connectivity index (χ4v) is 3.52. The molecule has 1 aromatic heterocycles. The van der Waals surface area contributed by atoms with E-state index in [9.17, 15) is 8.42 Å². The van der Waals surface area contributed by atoms with Crippen LogP contribution in [0.25, 0.3) is 0 Å². The van der Waals surface area contributed by atoms with Crippen molar-refractivity contribution < 1.29 is 13.2 Å². The van der Waals surface area contributed by atoms with E-state index in [0.29, 0.717) is 32.1 Å². The van der Waals surface area contributed by atoms with Crippen molar-refractivity contribution in [1.82, 2.24) is 9.29 Å². The average Bonchev–Trinajstić information content (AvgIpc) is 2.53. The summed E-state index contributed by atoms with van der Waals surface area (Å²) in [6.45, 7) is 4.71. The smallest absolute Gasteiger partial charge is 0.244 e. The fourth-order valence-electron chi connectivity index (χ4n) is 2.16. The van der Waals surface area contributed by atoms with Crippen molar-refractivity contribution in [2.45, 2.75) is 31.1 Å². The van der Waals surface area contributed by atoms with E-state index < -0.39 is 10.0 Å². The lowest BCUT2D eigenvalue weighted by molar-refractivity contribution is 0.0730. The molecule has 0 unspecified atom stereocenters. The minimum atomic E-state index is -3.44. The van der Waals surface area contributed by atoms with E-state index in [1.54, 1.807) is 12.1 Å². The standard InChI is InChI=1S/C14H23N3O3S/c1-2-3-4-7-15-14-6-5-13(12-16-14)21(18,19)17-8-10-20-11-9-17/h5-6,12H,2-4,7-11H2,1H3,(H,15,16). The second-order valence-electron chi connectivity index (χ2n) is 5.03. The van der Waals surface area contributed by atoms with Gasteiger partial charge >= 0.3 is 0 Å². The van der Waals surface area contributed by atoms with Crippen molar-refractivity contribution in [3.05, 3.63) is 18.3 Å². The Bertz CT molecular complexity index is 525. The minimum Gasteiger partial charge on any atom is -0.379 e. The van der Waals surface area contributed by atoms with Gasteiger partial charge in [0.05, 0.1) is 13.2 Å². The summed E-state index contributed by atoms with van der Waals surface area (Å²) in [7, 11) is -3.44. The molecule has 0 spiro atoms. The molecule has 118 valence electrons. The molecule has 0 saturated carbocycles. The molecular formula is C14H23N3O3S. The Morgan fingerprint density at radius 2 is 2.05 bits per heavy atom. The number of morpholine rings is 1. The zero-order chi connectivity index (χ0) is 15.1. The lowest BCUT2D eigenvalue weighted by Gasteiger charge is -2.25. The van der Waals surface area contributed by atoms with Crippen LogP contribution < -0.4 is 5.32 Å².